The standard InChI is InChI=1S/C29H24ClN7O6S.C16H11N3O7S.Cr/c1-2-13-44(42,43)21-9-3-17(4-10-21)14-26-32-28(30)34-29(33-26)31-19-7-5-18-6-11-23(27(39)22(18)15-19)35-36-24-16-20(37(40)41)8-12-25(24)38;20-13-6-5-9-3-1-2-4-11(9)15(13)18-17-12-7-10(19(22)23)8-14(16(12)21)27(24,25)26;/h3-12,15-16,38-39H,2,13-14H2,1H3,(H,31,32,33,34);1-8,20-21H,(H,24,25,26);. The molecule has 0 radical (unpaired) electrons. The smallest absolute Gasteiger partial charge is 0.298 e. The number of azo groups is 2. The van der Waals surface area contributed by atoms with E-state index in [1.807, 2.05) is 6.92 Å². The number of sulfone groups is 1. The van der Waals surface area contributed by atoms with E-state index in [2.05, 4.69) is 40.7 Å². The van der Waals surface area contributed by atoms with Crippen LogP contribution in [0.4, 0.5) is 45.8 Å². The number of hydrogen-bond acceptors (Lipinski definition) is 20. The van der Waals surface area contributed by atoms with Gasteiger partial charge in [-0.2, -0.15) is 18.4 Å². The fraction of sp³-hybridized carbons (Fsp3) is 0.0889. The zero-order chi connectivity index (χ0) is 51.2. The molecule has 1 aromatic heterocycles. The number of nitro benzene ring substituents is 2. The summed E-state index contributed by atoms with van der Waals surface area (Å²) in [5.74, 6) is -1.18. The third-order valence-corrected chi connectivity index (χ3v) is 13.1. The van der Waals surface area contributed by atoms with Crippen LogP contribution >= 0.6 is 11.6 Å². The second-order valence-corrected chi connectivity index (χ2v) is 18.8. The van der Waals surface area contributed by atoms with Crippen molar-refractivity contribution in [1.82, 2.24) is 15.0 Å². The molecule has 8 rings (SSSR count). The Morgan fingerprint density at radius 2 is 1.28 bits per heavy atom. The number of aromatic hydroxyl groups is 4. The predicted molar refractivity (Wildman–Crippen MR) is 259 cm³/mol. The number of nitrogens with zero attached hydrogens (tertiary/aromatic N) is 9. The van der Waals surface area contributed by atoms with Crippen LogP contribution in [0.1, 0.15) is 24.7 Å². The van der Waals surface area contributed by atoms with E-state index in [4.69, 9.17) is 16.2 Å². The van der Waals surface area contributed by atoms with Gasteiger partial charge in [-0.3, -0.25) is 24.8 Å². The molecule has 1 heterocycles. The van der Waals surface area contributed by atoms with E-state index in [0.29, 0.717) is 40.2 Å². The minimum absolute atomic E-state index is 0. The van der Waals surface area contributed by atoms with Crippen LogP contribution in [0.2, 0.25) is 5.28 Å². The van der Waals surface area contributed by atoms with Crippen molar-refractivity contribution in [2.75, 3.05) is 11.1 Å². The number of hydrogen-bond donors (Lipinski definition) is 6. The number of nitrogens with one attached hydrogen (secondary N) is 1. The van der Waals surface area contributed by atoms with Crippen LogP contribution in [-0.2, 0) is 43.7 Å². The minimum atomic E-state index is -4.94. The normalized spacial score (nSPS) is 11.6. The van der Waals surface area contributed by atoms with Gasteiger partial charge in [-0.05, 0) is 76.8 Å². The third-order valence-electron chi connectivity index (χ3n) is 10.1. The summed E-state index contributed by atoms with van der Waals surface area (Å²) in [5, 5.41) is 83.6. The zero-order valence-electron chi connectivity index (χ0n) is 36.8. The topological polar surface area (TPSA) is 356 Å². The zero-order valence-corrected chi connectivity index (χ0v) is 40.5. The summed E-state index contributed by atoms with van der Waals surface area (Å²) in [6, 6.07) is 29.4. The van der Waals surface area contributed by atoms with Crippen molar-refractivity contribution >= 4 is 98.9 Å². The van der Waals surface area contributed by atoms with Crippen LogP contribution in [0.5, 0.6) is 23.0 Å². The van der Waals surface area contributed by atoms with E-state index < -0.39 is 51.8 Å². The Hall–Kier alpha value is -8.25. The largest absolute Gasteiger partial charge is 0.506 e. The fourth-order valence-electron chi connectivity index (χ4n) is 6.71. The molecule has 0 fully saturated rings. The first-order chi connectivity index (χ1) is 33.7. The molecule has 0 bridgehead atoms. The Bertz CT molecular complexity index is 3700. The first kappa shape index (κ1) is 53.1. The number of non-ortho nitro benzene ring substituents is 2. The van der Waals surface area contributed by atoms with Crippen molar-refractivity contribution in [3.8, 4) is 23.0 Å². The van der Waals surface area contributed by atoms with E-state index in [1.54, 1.807) is 78.9 Å². The van der Waals surface area contributed by atoms with Gasteiger partial charge < -0.3 is 25.7 Å². The fourth-order valence-corrected chi connectivity index (χ4v) is 8.83. The van der Waals surface area contributed by atoms with Crippen LogP contribution < -0.4 is 5.32 Å². The maximum atomic E-state index is 12.3. The molecule has 0 aliphatic carbocycles. The van der Waals surface area contributed by atoms with Gasteiger partial charge in [-0.15, -0.1) is 20.5 Å². The van der Waals surface area contributed by atoms with Gasteiger partial charge in [0, 0.05) is 64.5 Å². The monoisotopic (exact) mass is 1070 g/mol. The quantitative estimate of drug-likeness (QED) is 0.0255. The van der Waals surface area contributed by atoms with Crippen LogP contribution in [0, 0.1) is 20.2 Å². The molecule has 0 unspecified atom stereocenters. The maximum Gasteiger partial charge on any atom is 0.298 e. The van der Waals surface area contributed by atoms with Gasteiger partial charge in [0.15, 0.2) is 21.3 Å². The summed E-state index contributed by atoms with van der Waals surface area (Å²) in [7, 11) is -8.27. The summed E-state index contributed by atoms with van der Waals surface area (Å²) in [5.41, 5.74) is -0.310. The summed E-state index contributed by atoms with van der Waals surface area (Å²) in [4.78, 5) is 32.4. The second-order valence-electron chi connectivity index (χ2n) is 15.0. The van der Waals surface area contributed by atoms with E-state index in [9.17, 15) is 57.5 Å². The molecular weight excluding hydrogens is 1040 g/mol. The van der Waals surface area contributed by atoms with Crippen molar-refractivity contribution in [3.63, 3.8) is 0 Å². The predicted octanol–water partition coefficient (Wildman–Crippen LogP) is 10.7. The Morgan fingerprint density at radius 1 is 0.653 bits per heavy atom. The van der Waals surface area contributed by atoms with Crippen molar-refractivity contribution in [3.05, 3.63) is 158 Å². The van der Waals surface area contributed by atoms with E-state index >= 15 is 0 Å². The average molecular weight is 1080 g/mol. The van der Waals surface area contributed by atoms with Crippen LogP contribution in [0.25, 0.3) is 21.5 Å². The maximum absolute atomic E-state index is 12.3. The van der Waals surface area contributed by atoms with E-state index in [0.717, 1.165) is 35.2 Å². The molecule has 72 heavy (non-hydrogen) atoms. The molecule has 0 amide bonds. The van der Waals surface area contributed by atoms with Gasteiger partial charge in [-0.1, -0.05) is 61.5 Å². The molecule has 8 aromatic rings. The molecule has 0 atom stereocenters. The Morgan fingerprint density at radius 3 is 1.97 bits per heavy atom. The summed E-state index contributed by atoms with van der Waals surface area (Å²) >= 11 is 6.17. The molecule has 368 valence electrons. The van der Waals surface area contributed by atoms with Gasteiger partial charge in [0.2, 0.25) is 11.2 Å². The number of rotatable bonds is 14. The number of nitro groups is 2. The molecule has 0 saturated heterocycles. The minimum Gasteiger partial charge on any atom is -0.506 e. The molecular formula is C45H35ClCrN10O13S2. The molecule has 6 N–H and O–H groups in total. The number of fused-ring (bicyclic) bond motifs is 2. The van der Waals surface area contributed by atoms with Crippen molar-refractivity contribution < 1.29 is 69.0 Å². The van der Waals surface area contributed by atoms with Crippen molar-refractivity contribution in [2.24, 2.45) is 20.5 Å². The Kier molecular flexibility index (Phi) is 16.4. The summed E-state index contributed by atoms with van der Waals surface area (Å²) in [6.45, 7) is 1.81. The molecule has 0 saturated carbocycles. The van der Waals surface area contributed by atoms with Gasteiger partial charge in [0.25, 0.3) is 21.5 Å². The van der Waals surface area contributed by atoms with Crippen molar-refractivity contribution in [1.29, 1.82) is 0 Å². The summed E-state index contributed by atoms with van der Waals surface area (Å²) < 4.78 is 56.5. The van der Waals surface area contributed by atoms with Gasteiger partial charge in [0.05, 0.1) is 20.5 Å². The number of halogens is 1. The molecule has 7 aromatic carbocycles. The molecule has 0 aliphatic heterocycles. The van der Waals surface area contributed by atoms with Gasteiger partial charge >= 0.3 is 0 Å². The number of aromatic nitrogens is 3. The molecule has 0 spiro atoms. The van der Waals surface area contributed by atoms with Gasteiger partial charge in [-0.25, -0.2) is 13.4 Å². The van der Waals surface area contributed by atoms with E-state index in [1.165, 1.54) is 12.1 Å². The molecule has 27 heteroatoms. The Labute approximate surface area is 423 Å². The number of anilines is 2. The molecule has 23 nitrogen and oxygen atoms in total. The Balaban J connectivity index is 0.000000259. The second kappa shape index (κ2) is 22.2. The van der Waals surface area contributed by atoms with Crippen molar-refractivity contribution in [2.45, 2.75) is 29.6 Å². The van der Waals surface area contributed by atoms with E-state index in [-0.39, 0.29) is 85.7 Å². The van der Waals surface area contributed by atoms with Crippen LogP contribution in [0.3, 0.4) is 0 Å². The SMILES string of the molecule is CCCS(=O)(=O)c1ccc(Cc2nc(Cl)nc(Nc3ccc4ccc(N=Nc5cc([N+](=O)[O-])ccc5O)c(O)c4c3)n2)cc1.O=[N+]([O-])c1cc(N=Nc2c(O)ccc3ccccc23)c(O)c(S(=O)(=O)O)c1.[Cr]. The first-order valence-electron chi connectivity index (χ1n) is 20.5. The number of phenols is 4. The summed E-state index contributed by atoms with van der Waals surface area (Å²) in [6.07, 6.45) is 0.804. The third kappa shape index (κ3) is 12.6. The number of benzene rings is 7. The number of phenolic OH excluding ortho intramolecular Hbond substituents is 4. The van der Waals surface area contributed by atoms with Crippen LogP contribution in [0.15, 0.2) is 152 Å². The van der Waals surface area contributed by atoms with Crippen LogP contribution in [-0.4, -0.2) is 72.4 Å². The average Bonchev–Trinajstić information content (AvgIpc) is 3.31. The first-order valence-corrected chi connectivity index (χ1v) is 23.9. The molecule has 0 aliphatic rings. The van der Waals surface area contributed by atoms with Gasteiger partial charge in [0.1, 0.15) is 45.0 Å².